The van der Waals surface area contributed by atoms with Gasteiger partial charge in [-0.25, -0.2) is 19.6 Å². The van der Waals surface area contributed by atoms with Gasteiger partial charge in [-0.05, 0) is 43.9 Å². The van der Waals surface area contributed by atoms with Crippen LogP contribution >= 0.6 is 11.6 Å². The first-order valence-electron chi connectivity index (χ1n) is 8.16. The van der Waals surface area contributed by atoms with Crippen LogP contribution in [0.2, 0.25) is 5.15 Å². The van der Waals surface area contributed by atoms with Crippen LogP contribution < -0.4 is 4.74 Å². The zero-order valence-electron chi connectivity index (χ0n) is 14.0. The highest BCUT2D eigenvalue weighted by molar-refractivity contribution is 6.29. The molecule has 0 aromatic carbocycles. The number of carboxylic acid groups (broad SMARTS) is 2. The van der Waals surface area contributed by atoms with Crippen molar-refractivity contribution in [3.63, 3.8) is 0 Å². The Kier molecular flexibility index (Phi) is 7.35. The van der Waals surface area contributed by atoms with Crippen LogP contribution in [0.5, 0.6) is 5.88 Å². The van der Waals surface area contributed by atoms with E-state index >= 15 is 0 Å². The lowest BCUT2D eigenvalue weighted by atomic mass is 9.98. The van der Waals surface area contributed by atoms with Gasteiger partial charge < -0.3 is 14.9 Å². The third-order valence-electron chi connectivity index (χ3n) is 3.80. The molecule has 1 fully saturated rings. The predicted octanol–water partition coefficient (Wildman–Crippen LogP) is 3.92. The van der Waals surface area contributed by atoms with Gasteiger partial charge in [-0.3, -0.25) is 0 Å². The average molecular weight is 379 g/mol. The molecule has 0 unspecified atom stereocenters. The topological polar surface area (TPSA) is 110 Å². The average Bonchev–Trinajstić information content (AvgIpc) is 2.64. The second-order valence-corrected chi connectivity index (χ2v) is 6.13. The zero-order chi connectivity index (χ0) is 18.9. The molecule has 7 nitrogen and oxygen atoms in total. The third-order valence-corrected chi connectivity index (χ3v) is 4.02. The summed E-state index contributed by atoms with van der Waals surface area (Å²) in [6.45, 7) is 0. The summed E-state index contributed by atoms with van der Waals surface area (Å²) in [6.07, 6.45) is 8.63. The molecule has 0 amide bonds. The van der Waals surface area contributed by atoms with Gasteiger partial charge in [-0.15, -0.1) is 0 Å². The largest absolute Gasteiger partial charge is 0.478 e. The number of rotatable bonds is 4. The number of hydrogen-bond donors (Lipinski definition) is 2. The predicted molar refractivity (Wildman–Crippen MR) is 94.9 cm³/mol. The Morgan fingerprint density at radius 3 is 1.96 bits per heavy atom. The van der Waals surface area contributed by atoms with Crippen molar-refractivity contribution in [3.8, 4) is 5.88 Å². The summed E-state index contributed by atoms with van der Waals surface area (Å²) in [7, 11) is 0. The molecule has 26 heavy (non-hydrogen) atoms. The summed E-state index contributed by atoms with van der Waals surface area (Å²) in [5.74, 6) is -1.43. The van der Waals surface area contributed by atoms with E-state index in [4.69, 9.17) is 26.6 Å². The molecule has 3 rings (SSSR count). The molecule has 2 N–H and O–H groups in total. The van der Waals surface area contributed by atoms with Gasteiger partial charge >= 0.3 is 11.9 Å². The highest BCUT2D eigenvalue weighted by Gasteiger charge is 2.15. The fraction of sp³-hybridized carbons (Fsp3) is 0.333. The SMILES string of the molecule is O=C(O)c1ccc(Cl)nc1.O=C(O)c1ccc(OC2CCCCC2)nc1. The molecule has 1 aliphatic rings. The summed E-state index contributed by atoms with van der Waals surface area (Å²) in [4.78, 5) is 28.4. The standard InChI is InChI=1S/C12H15NO3.C6H4ClNO2/c14-12(15)9-6-7-11(13-8-9)16-10-4-2-1-3-5-10;7-5-2-1-4(3-8-5)6(9)10/h6-8,10H,1-5H2,(H,14,15);1-3H,(H,9,10). The monoisotopic (exact) mass is 378 g/mol. The summed E-state index contributed by atoms with van der Waals surface area (Å²) >= 11 is 5.41. The van der Waals surface area contributed by atoms with E-state index in [-0.39, 0.29) is 17.2 Å². The Morgan fingerprint density at radius 2 is 1.50 bits per heavy atom. The second-order valence-electron chi connectivity index (χ2n) is 5.74. The maximum atomic E-state index is 10.6. The quantitative estimate of drug-likeness (QED) is 0.775. The van der Waals surface area contributed by atoms with Crippen LogP contribution in [0.1, 0.15) is 52.8 Å². The molecule has 1 saturated carbocycles. The van der Waals surface area contributed by atoms with Gasteiger partial charge in [0.1, 0.15) is 11.3 Å². The first-order valence-corrected chi connectivity index (χ1v) is 8.54. The van der Waals surface area contributed by atoms with Crippen molar-refractivity contribution in [2.45, 2.75) is 38.2 Å². The maximum Gasteiger partial charge on any atom is 0.337 e. The van der Waals surface area contributed by atoms with Gasteiger partial charge in [0.2, 0.25) is 5.88 Å². The lowest BCUT2D eigenvalue weighted by Gasteiger charge is -2.22. The molecule has 0 bridgehead atoms. The van der Waals surface area contributed by atoms with Gasteiger partial charge in [0, 0.05) is 18.5 Å². The minimum absolute atomic E-state index is 0.143. The summed E-state index contributed by atoms with van der Waals surface area (Å²) in [5.41, 5.74) is 0.334. The van der Waals surface area contributed by atoms with Crippen molar-refractivity contribution in [1.29, 1.82) is 0 Å². The van der Waals surface area contributed by atoms with Crippen molar-refractivity contribution in [1.82, 2.24) is 9.97 Å². The van der Waals surface area contributed by atoms with Crippen molar-refractivity contribution < 1.29 is 24.5 Å². The first-order chi connectivity index (χ1) is 12.5. The lowest BCUT2D eigenvalue weighted by Crippen LogP contribution is -2.20. The number of halogens is 1. The highest BCUT2D eigenvalue weighted by Crippen LogP contribution is 2.22. The summed E-state index contributed by atoms with van der Waals surface area (Å²) < 4.78 is 5.69. The van der Waals surface area contributed by atoms with Crippen molar-refractivity contribution in [3.05, 3.63) is 52.9 Å². The van der Waals surface area contributed by atoms with E-state index < -0.39 is 11.9 Å². The fourth-order valence-electron chi connectivity index (χ4n) is 2.43. The number of carboxylic acids is 2. The number of aromatic nitrogens is 2. The van der Waals surface area contributed by atoms with Crippen LogP contribution in [0, 0.1) is 0 Å². The van der Waals surface area contributed by atoms with Crippen LogP contribution in [-0.4, -0.2) is 38.2 Å². The number of pyridine rings is 2. The molecular weight excluding hydrogens is 360 g/mol. The molecule has 2 aromatic heterocycles. The van der Waals surface area contributed by atoms with E-state index in [1.54, 1.807) is 6.07 Å². The lowest BCUT2D eigenvalue weighted by molar-refractivity contribution is 0.0685. The van der Waals surface area contributed by atoms with Crippen LogP contribution in [0.15, 0.2) is 36.7 Å². The Morgan fingerprint density at radius 1 is 0.923 bits per heavy atom. The number of carbonyl (C=O) groups is 2. The zero-order valence-corrected chi connectivity index (χ0v) is 14.7. The Hall–Kier alpha value is -2.67. The summed E-state index contributed by atoms with van der Waals surface area (Å²) in [6, 6.07) is 5.98. The van der Waals surface area contributed by atoms with Crippen molar-refractivity contribution in [2.75, 3.05) is 0 Å². The molecule has 1 aliphatic carbocycles. The van der Waals surface area contributed by atoms with Crippen molar-refractivity contribution >= 4 is 23.5 Å². The van der Waals surface area contributed by atoms with E-state index in [9.17, 15) is 9.59 Å². The normalized spacial score (nSPS) is 14.0. The third kappa shape index (κ3) is 6.33. The van der Waals surface area contributed by atoms with E-state index in [0.717, 1.165) is 12.8 Å². The Balaban J connectivity index is 0.000000209. The van der Waals surface area contributed by atoms with E-state index in [1.807, 2.05) is 0 Å². The van der Waals surface area contributed by atoms with Gasteiger partial charge in [-0.1, -0.05) is 18.0 Å². The molecule has 0 spiro atoms. The molecule has 2 heterocycles. The molecule has 0 radical (unpaired) electrons. The number of hydrogen-bond acceptors (Lipinski definition) is 5. The molecule has 138 valence electrons. The van der Waals surface area contributed by atoms with Crippen molar-refractivity contribution in [2.24, 2.45) is 0 Å². The minimum atomic E-state index is -0.996. The number of aromatic carboxylic acids is 2. The maximum absolute atomic E-state index is 10.6. The fourth-order valence-corrected chi connectivity index (χ4v) is 2.54. The van der Waals surface area contributed by atoms with Gasteiger partial charge in [0.15, 0.2) is 0 Å². The van der Waals surface area contributed by atoms with E-state index in [2.05, 4.69) is 9.97 Å². The molecular formula is C18H19ClN2O5. The molecule has 8 heteroatoms. The summed E-state index contributed by atoms with van der Waals surface area (Å²) in [5, 5.41) is 17.4. The second kappa shape index (κ2) is 9.72. The Labute approximate surface area is 155 Å². The molecule has 0 saturated heterocycles. The number of nitrogens with zero attached hydrogens (tertiary/aromatic N) is 2. The van der Waals surface area contributed by atoms with Crippen LogP contribution in [-0.2, 0) is 0 Å². The van der Waals surface area contributed by atoms with Crippen LogP contribution in [0.4, 0.5) is 0 Å². The van der Waals surface area contributed by atoms with Crippen LogP contribution in [0.3, 0.4) is 0 Å². The Bertz CT molecular complexity index is 728. The van der Waals surface area contributed by atoms with Crippen LogP contribution in [0.25, 0.3) is 0 Å². The molecule has 0 atom stereocenters. The van der Waals surface area contributed by atoms with E-state index in [0.29, 0.717) is 11.0 Å². The first kappa shape index (κ1) is 19.7. The highest BCUT2D eigenvalue weighted by atomic mass is 35.5. The van der Waals surface area contributed by atoms with E-state index in [1.165, 1.54) is 49.9 Å². The smallest absolute Gasteiger partial charge is 0.337 e. The van der Waals surface area contributed by atoms with Gasteiger partial charge in [0.25, 0.3) is 0 Å². The minimum Gasteiger partial charge on any atom is -0.478 e. The molecule has 0 aliphatic heterocycles. The molecule has 2 aromatic rings. The van der Waals surface area contributed by atoms with Gasteiger partial charge in [0.05, 0.1) is 11.1 Å². The number of ether oxygens (including phenoxy) is 1. The van der Waals surface area contributed by atoms with Gasteiger partial charge in [-0.2, -0.15) is 0 Å².